The summed E-state index contributed by atoms with van der Waals surface area (Å²) in [6, 6.07) is 50.2. The molecule has 484 valence electrons. The number of nitrogens with one attached hydrogen (secondary N) is 6. The van der Waals surface area contributed by atoms with Crippen molar-refractivity contribution in [2.45, 2.75) is 99.8 Å². The van der Waals surface area contributed by atoms with Gasteiger partial charge in [0, 0.05) is 71.8 Å². The van der Waals surface area contributed by atoms with E-state index in [-0.39, 0.29) is 51.2 Å². The molecule has 1 saturated heterocycles. The molecule has 19 nitrogen and oxygen atoms in total. The maximum Gasteiger partial charge on any atom is 0.407 e. The average molecular weight is 1290 g/mol. The first kappa shape index (κ1) is 66.8. The van der Waals surface area contributed by atoms with E-state index in [9.17, 15) is 14.4 Å². The van der Waals surface area contributed by atoms with E-state index in [1.807, 2.05) is 157 Å². The minimum atomic E-state index is -1.45. The van der Waals surface area contributed by atoms with Crippen LogP contribution in [0.15, 0.2) is 194 Å². The summed E-state index contributed by atoms with van der Waals surface area (Å²) in [4.78, 5) is 104. The molecule has 1 aromatic heterocycles. The Balaban J connectivity index is 0.887. The Morgan fingerprint density at radius 1 is 0.617 bits per heavy atom. The number of amides is 6. The third-order valence-electron chi connectivity index (χ3n) is 17.2. The lowest BCUT2D eigenvalue weighted by Crippen LogP contribution is -2.58. The number of hydrogen-bond donors (Lipinski definition) is 6. The van der Waals surface area contributed by atoms with Crippen LogP contribution in [0.5, 0.6) is 5.75 Å². The molecular weight excluding hydrogens is 1210 g/mol. The number of aryl methyl sites for hydroxylation is 1. The van der Waals surface area contributed by atoms with Gasteiger partial charge >= 0.3 is 12.1 Å². The van der Waals surface area contributed by atoms with Crippen molar-refractivity contribution in [2.75, 3.05) is 26.7 Å². The molecule has 1 aliphatic heterocycles. The van der Waals surface area contributed by atoms with E-state index >= 15 is 19.2 Å². The van der Waals surface area contributed by atoms with Gasteiger partial charge < -0.3 is 60.1 Å². The zero-order valence-electron chi connectivity index (χ0n) is 52.4. The van der Waals surface area contributed by atoms with Crippen LogP contribution in [0.4, 0.5) is 4.79 Å². The molecule has 5 unspecified atom stereocenters. The second kappa shape index (κ2) is 32.4. The van der Waals surface area contributed by atoms with Gasteiger partial charge in [0.2, 0.25) is 29.5 Å². The molecule has 8 aromatic rings. The normalized spacial score (nSPS) is 15.6. The first-order valence-electron chi connectivity index (χ1n) is 31.5. The molecule has 0 radical (unpaired) electrons. The minimum absolute atomic E-state index is 0.0000735. The van der Waals surface area contributed by atoms with E-state index in [0.717, 1.165) is 44.3 Å². The quantitative estimate of drug-likeness (QED) is 0.0112. The summed E-state index contributed by atoms with van der Waals surface area (Å²) in [5.74, 6) is -4.06. The number of nitrogens with zero attached hydrogens (tertiary/aromatic N) is 2. The number of fused-ring (bicyclic) bond motifs is 4. The Hall–Kier alpha value is -10.1. The number of terminal acetylenes is 1. The van der Waals surface area contributed by atoms with Crippen LogP contribution in [0.1, 0.15) is 76.6 Å². The Morgan fingerprint density at radius 2 is 1.20 bits per heavy atom. The van der Waals surface area contributed by atoms with Crippen LogP contribution in [-0.2, 0) is 75.7 Å². The highest BCUT2D eigenvalue weighted by atomic mass is 31.0. The molecule has 20 heteroatoms. The second-order valence-electron chi connectivity index (χ2n) is 23.5. The molecule has 2 aliphatic rings. The molecule has 0 saturated carbocycles. The summed E-state index contributed by atoms with van der Waals surface area (Å²) in [6.07, 6.45) is 8.96. The molecule has 0 spiro atoms. The van der Waals surface area contributed by atoms with Crippen molar-refractivity contribution in [3.05, 3.63) is 233 Å². The summed E-state index contributed by atoms with van der Waals surface area (Å²) < 4.78 is 24.6. The number of rotatable bonds is 29. The van der Waals surface area contributed by atoms with Gasteiger partial charge in [-0.05, 0) is 101 Å². The first-order valence-corrected chi connectivity index (χ1v) is 31.9. The number of aromatic nitrogens is 1. The zero-order valence-corrected chi connectivity index (χ0v) is 53.6. The van der Waals surface area contributed by atoms with Gasteiger partial charge in [0.15, 0.2) is 0 Å². The predicted octanol–water partition coefficient (Wildman–Crippen LogP) is 8.30. The van der Waals surface area contributed by atoms with Crippen LogP contribution in [0.2, 0.25) is 0 Å². The van der Waals surface area contributed by atoms with Crippen molar-refractivity contribution >= 4 is 62.0 Å². The number of esters is 1. The van der Waals surface area contributed by atoms with E-state index in [1.54, 1.807) is 61.6 Å². The third-order valence-corrected chi connectivity index (χ3v) is 17.5. The van der Waals surface area contributed by atoms with Gasteiger partial charge in [-0.15, -0.1) is 0 Å². The number of hydrogen-bond acceptors (Lipinski definition) is 12. The third kappa shape index (κ3) is 16.9. The fraction of sp³-hybridized carbons (Fsp3) is 0.284. The number of benzene rings is 7. The molecule has 6 N–H and O–H groups in total. The topological polar surface area (TPSA) is 237 Å². The number of alkyl carbamates (subject to hydrolysis) is 1. The molecule has 8 atom stereocenters. The van der Waals surface area contributed by atoms with E-state index in [0.29, 0.717) is 48.4 Å². The number of carbonyl (C=O) groups excluding carboxylic acids is 7. The molecule has 1 fully saturated rings. The average Bonchev–Trinajstić information content (AvgIpc) is 1.65. The van der Waals surface area contributed by atoms with Crippen LogP contribution >= 0.6 is 9.47 Å². The smallest absolute Gasteiger partial charge is 0.407 e. The Kier molecular flexibility index (Phi) is 23.0. The molecule has 10 rings (SSSR count). The molecule has 6 amide bonds. The monoisotopic (exact) mass is 1280 g/mol. The largest absolute Gasteiger partial charge is 0.489 e. The maximum atomic E-state index is 15.3. The van der Waals surface area contributed by atoms with Gasteiger partial charge in [-0.1, -0.05) is 176 Å². The molecule has 7 aromatic carbocycles. The fourth-order valence-corrected chi connectivity index (χ4v) is 12.6. The summed E-state index contributed by atoms with van der Waals surface area (Å²) in [5, 5.41) is 18.4. The lowest BCUT2D eigenvalue weighted by atomic mass is 9.98. The second-order valence-corrected chi connectivity index (χ2v) is 23.8. The van der Waals surface area contributed by atoms with E-state index < -0.39 is 84.0 Å². The highest BCUT2D eigenvalue weighted by molar-refractivity contribution is 7.09. The van der Waals surface area contributed by atoms with Gasteiger partial charge in [-0.2, -0.15) is 0 Å². The van der Waals surface area contributed by atoms with Crippen molar-refractivity contribution in [3.8, 4) is 29.4 Å². The van der Waals surface area contributed by atoms with E-state index in [2.05, 4.69) is 41.4 Å². The Morgan fingerprint density at radius 3 is 1.87 bits per heavy atom. The van der Waals surface area contributed by atoms with Crippen molar-refractivity contribution in [3.63, 3.8) is 0 Å². The summed E-state index contributed by atoms with van der Waals surface area (Å²) >= 11 is 0. The predicted molar refractivity (Wildman–Crippen MR) is 360 cm³/mol. The molecule has 94 heavy (non-hydrogen) atoms. The summed E-state index contributed by atoms with van der Waals surface area (Å²) in [6.45, 7) is 0.914. The van der Waals surface area contributed by atoms with Crippen LogP contribution in [0.25, 0.3) is 22.0 Å². The van der Waals surface area contributed by atoms with Crippen molar-refractivity contribution < 1.29 is 52.3 Å². The summed E-state index contributed by atoms with van der Waals surface area (Å²) in [5.41, 5.74) is 8.44. The molecule has 2 heterocycles. The van der Waals surface area contributed by atoms with Crippen molar-refractivity contribution in [2.24, 2.45) is 7.05 Å². The minimum Gasteiger partial charge on any atom is -0.489 e. The number of unbranched alkanes of at least 4 members (excludes halogenated alkanes) is 1. The number of para-hydroxylation sites is 1. The van der Waals surface area contributed by atoms with Crippen LogP contribution < -0.4 is 36.6 Å². The lowest BCUT2D eigenvalue weighted by molar-refractivity contribution is -0.142. The molecular formula is C74H77N8O11P. The van der Waals surface area contributed by atoms with Gasteiger partial charge in [-0.3, -0.25) is 24.0 Å². The maximum absolute atomic E-state index is 15.3. The Bertz CT molecular complexity index is 3930. The molecule has 0 bridgehead atoms. The number of ether oxygens (including phenoxy) is 3. The van der Waals surface area contributed by atoms with Gasteiger partial charge in [-0.25, -0.2) is 9.59 Å². The van der Waals surface area contributed by atoms with Crippen molar-refractivity contribution in [1.29, 1.82) is 0 Å². The van der Waals surface area contributed by atoms with Crippen LogP contribution in [0.3, 0.4) is 0 Å². The lowest BCUT2D eigenvalue weighted by Gasteiger charge is -2.30. The van der Waals surface area contributed by atoms with Gasteiger partial charge in [0.25, 0.3) is 0 Å². The summed E-state index contributed by atoms with van der Waals surface area (Å²) in [7, 11) is 5.88. The van der Waals surface area contributed by atoms with Gasteiger partial charge in [0.1, 0.15) is 61.3 Å². The number of likely N-dealkylation sites (tertiary alicyclic amines) is 1. The van der Waals surface area contributed by atoms with Crippen molar-refractivity contribution in [1.82, 2.24) is 41.4 Å². The number of carbonyl (C=O) groups is 7. The molecule has 1 aliphatic carbocycles. The highest BCUT2D eigenvalue weighted by Crippen LogP contribution is 2.44. The standard InChI is InChI=1S/C74H77N8O11P/c1-4-90-73(88)64(41-49-35-37-53(38-36-49)91-46-50-24-10-6-11-25-50)78-68(83)61(33-20-21-39-75-2)76-69(84)62(42-52-44-81(3)65-34-19-18-28-55(52)65)77-71(86)67(51-26-12-7-13-27-51)80-70(85)66-43-54(93-94)45-82(66)72(87)63(40-48-22-8-5-9-23-48)79-74(89)92-47-60-58-31-16-14-29-56(58)57-30-15-17-32-59(57)60/h1,5-19,22-32,34-38,44,54,60-64,66-67,75H,20-21,33,39-43,45-47,94H2,2-3H3,(H,76,84)(H,77,86)(H,78,83)(H,79,89)(H,80,85)/t54?,61-,62?,63?,64-,66?,67-/m1/s1. The van der Waals surface area contributed by atoms with Gasteiger partial charge in [0.05, 0.1) is 6.10 Å². The SMILES string of the molecule is C#COC(=O)[C@@H](Cc1ccc(OCc2ccccc2)cc1)NC(=O)[C@@H](CCCCNC)NC(=O)C(Cc1cn(C)c2ccccc12)NC(=O)[C@H](NC(=O)C1CC(OP)CN1C(=O)C(Cc1ccccc1)NC(=O)OCC1c2ccccc2-c2ccccc21)c1ccccc1. The Labute approximate surface area is 549 Å². The van der Waals surface area contributed by atoms with Crippen LogP contribution in [0, 0.1) is 12.5 Å². The van der Waals surface area contributed by atoms with Crippen LogP contribution in [-0.4, -0.2) is 114 Å². The van der Waals surface area contributed by atoms with E-state index in [1.165, 1.54) is 4.90 Å². The highest BCUT2D eigenvalue weighted by Gasteiger charge is 2.44. The first-order chi connectivity index (χ1) is 45.8. The fourth-order valence-electron chi connectivity index (χ4n) is 12.4. The zero-order chi connectivity index (χ0) is 65.9. The van der Waals surface area contributed by atoms with E-state index in [4.69, 9.17) is 25.2 Å².